The maximum absolute atomic E-state index is 6.37. The van der Waals surface area contributed by atoms with Crippen LogP contribution in [0.2, 0.25) is 0 Å². The smallest absolute Gasteiger partial charge is 0.143 e. The topological polar surface area (TPSA) is 16.4 Å². The normalized spacial score (nSPS) is 11.6. The molecule has 0 saturated carbocycles. The molecule has 3 heteroatoms. The van der Waals surface area contributed by atoms with E-state index in [-0.39, 0.29) is 0 Å². The molecular formula is C42H27NOS. The van der Waals surface area contributed by atoms with E-state index >= 15 is 0 Å². The lowest BCUT2D eigenvalue weighted by atomic mass is 10.0. The molecule has 0 bridgehead atoms. The molecule has 0 aliphatic rings. The molecule has 0 fully saturated rings. The second kappa shape index (κ2) is 10.5. The van der Waals surface area contributed by atoms with Gasteiger partial charge in [-0.1, -0.05) is 115 Å². The Hall–Kier alpha value is -5.64. The van der Waals surface area contributed by atoms with Crippen LogP contribution >= 0.6 is 11.3 Å². The van der Waals surface area contributed by atoms with Crippen molar-refractivity contribution in [3.63, 3.8) is 0 Å². The standard InChI is InChI=1S/C42H27NOS/c1-2-10-28(11-3-1)29-20-24-31(25-21-29)43(37-16-9-19-40-41(37)36-13-5-7-18-39(36)45-40)32-26-22-30(23-27-32)33-14-8-15-35-34-12-4-6-17-38(34)44-42(33)35/h1-27H. The Labute approximate surface area is 265 Å². The van der Waals surface area contributed by atoms with Gasteiger partial charge in [-0.2, -0.15) is 0 Å². The summed E-state index contributed by atoms with van der Waals surface area (Å²) in [4.78, 5) is 2.39. The highest BCUT2D eigenvalue weighted by atomic mass is 32.1. The first-order valence-corrected chi connectivity index (χ1v) is 16.0. The van der Waals surface area contributed by atoms with E-state index in [4.69, 9.17) is 4.42 Å². The number of nitrogens with zero attached hydrogens (tertiary/aromatic N) is 1. The average molecular weight is 594 g/mol. The quantitative estimate of drug-likeness (QED) is 0.197. The van der Waals surface area contributed by atoms with E-state index in [2.05, 4.69) is 157 Å². The molecule has 0 atom stereocenters. The van der Waals surface area contributed by atoms with Gasteiger partial charge >= 0.3 is 0 Å². The minimum atomic E-state index is 0.915. The third-order valence-electron chi connectivity index (χ3n) is 8.69. The number of hydrogen-bond acceptors (Lipinski definition) is 3. The Morgan fingerprint density at radius 3 is 1.82 bits per heavy atom. The van der Waals surface area contributed by atoms with Crippen LogP contribution in [0.5, 0.6) is 0 Å². The summed E-state index contributed by atoms with van der Waals surface area (Å²) in [6.07, 6.45) is 0. The van der Waals surface area contributed by atoms with Gasteiger partial charge in [-0.25, -0.2) is 0 Å². The first-order chi connectivity index (χ1) is 22.3. The van der Waals surface area contributed by atoms with E-state index < -0.39 is 0 Å². The molecule has 212 valence electrons. The highest BCUT2D eigenvalue weighted by molar-refractivity contribution is 7.26. The van der Waals surface area contributed by atoms with Gasteiger partial charge in [0.15, 0.2) is 0 Å². The summed E-state index contributed by atoms with van der Waals surface area (Å²) in [6, 6.07) is 58.4. The fourth-order valence-electron chi connectivity index (χ4n) is 6.57. The maximum Gasteiger partial charge on any atom is 0.143 e. The number of anilines is 3. The maximum atomic E-state index is 6.37. The number of fused-ring (bicyclic) bond motifs is 6. The fraction of sp³-hybridized carbons (Fsp3) is 0. The van der Waals surface area contributed by atoms with Crippen LogP contribution in [0.1, 0.15) is 0 Å². The lowest BCUT2D eigenvalue weighted by molar-refractivity contribution is 0.670. The first-order valence-electron chi connectivity index (χ1n) is 15.2. The van der Waals surface area contributed by atoms with Gasteiger partial charge in [0, 0.05) is 47.9 Å². The van der Waals surface area contributed by atoms with E-state index in [1.165, 1.54) is 37.0 Å². The van der Waals surface area contributed by atoms with Crippen molar-refractivity contribution in [1.29, 1.82) is 0 Å². The Bertz CT molecular complexity index is 2470. The summed E-state index contributed by atoms with van der Waals surface area (Å²) in [5.74, 6) is 0. The van der Waals surface area contributed by atoms with Crippen LogP contribution in [0.15, 0.2) is 168 Å². The van der Waals surface area contributed by atoms with Crippen LogP contribution in [0, 0.1) is 0 Å². The summed E-state index contributed by atoms with van der Waals surface area (Å²) in [7, 11) is 0. The minimum absolute atomic E-state index is 0.915. The number of para-hydroxylation sites is 2. The van der Waals surface area contributed by atoms with Gasteiger partial charge in [0.2, 0.25) is 0 Å². The minimum Gasteiger partial charge on any atom is -0.455 e. The molecule has 0 unspecified atom stereocenters. The van der Waals surface area contributed by atoms with Crippen molar-refractivity contribution in [3.8, 4) is 22.3 Å². The highest BCUT2D eigenvalue weighted by Crippen LogP contribution is 2.45. The molecule has 0 amide bonds. The molecule has 0 N–H and O–H groups in total. The lowest BCUT2D eigenvalue weighted by Crippen LogP contribution is -2.10. The van der Waals surface area contributed by atoms with E-state index in [0.29, 0.717) is 0 Å². The van der Waals surface area contributed by atoms with Crippen molar-refractivity contribution in [2.75, 3.05) is 4.90 Å². The van der Waals surface area contributed by atoms with Crippen molar-refractivity contribution in [3.05, 3.63) is 164 Å². The van der Waals surface area contributed by atoms with Crippen molar-refractivity contribution < 1.29 is 4.42 Å². The van der Waals surface area contributed by atoms with Crippen LogP contribution in [-0.2, 0) is 0 Å². The summed E-state index contributed by atoms with van der Waals surface area (Å²) in [5, 5.41) is 4.85. The largest absolute Gasteiger partial charge is 0.455 e. The molecule has 0 aliphatic heterocycles. The number of rotatable bonds is 5. The van der Waals surface area contributed by atoms with E-state index in [1.54, 1.807) is 0 Å². The molecule has 2 aromatic heterocycles. The van der Waals surface area contributed by atoms with E-state index in [9.17, 15) is 0 Å². The summed E-state index contributed by atoms with van der Waals surface area (Å²) in [5.41, 5.74) is 9.87. The van der Waals surface area contributed by atoms with Crippen LogP contribution < -0.4 is 4.90 Å². The zero-order valence-corrected chi connectivity index (χ0v) is 25.2. The van der Waals surface area contributed by atoms with Crippen molar-refractivity contribution in [2.24, 2.45) is 0 Å². The second-order valence-corrected chi connectivity index (χ2v) is 12.4. The van der Waals surface area contributed by atoms with Crippen LogP contribution in [0.25, 0.3) is 64.4 Å². The van der Waals surface area contributed by atoms with Crippen LogP contribution in [0.4, 0.5) is 17.1 Å². The fourth-order valence-corrected chi connectivity index (χ4v) is 7.69. The first kappa shape index (κ1) is 25.8. The van der Waals surface area contributed by atoms with Crippen molar-refractivity contribution in [1.82, 2.24) is 0 Å². The van der Waals surface area contributed by atoms with Gasteiger partial charge < -0.3 is 9.32 Å². The zero-order chi connectivity index (χ0) is 29.7. The second-order valence-electron chi connectivity index (χ2n) is 11.3. The van der Waals surface area contributed by atoms with Gasteiger partial charge in [-0.05, 0) is 65.2 Å². The Kier molecular flexibility index (Phi) is 6.03. The van der Waals surface area contributed by atoms with Crippen LogP contribution in [0.3, 0.4) is 0 Å². The Morgan fingerprint density at radius 2 is 1.02 bits per heavy atom. The summed E-state index contributed by atoms with van der Waals surface area (Å²) in [6.45, 7) is 0. The Morgan fingerprint density at radius 1 is 0.422 bits per heavy atom. The molecular weight excluding hydrogens is 567 g/mol. The van der Waals surface area contributed by atoms with Crippen molar-refractivity contribution in [2.45, 2.75) is 0 Å². The molecule has 9 rings (SSSR count). The molecule has 45 heavy (non-hydrogen) atoms. The number of thiophene rings is 1. The third-order valence-corrected chi connectivity index (χ3v) is 9.83. The SMILES string of the molecule is c1ccc(-c2ccc(N(c3ccc(-c4cccc5c4oc4ccccc45)cc3)c3cccc4sc5ccccc5c34)cc2)cc1. The molecule has 9 aromatic rings. The van der Waals surface area contributed by atoms with Crippen LogP contribution in [-0.4, -0.2) is 0 Å². The van der Waals surface area contributed by atoms with Gasteiger partial charge in [0.25, 0.3) is 0 Å². The summed E-state index contributed by atoms with van der Waals surface area (Å²) < 4.78 is 8.96. The third kappa shape index (κ3) is 4.32. The highest BCUT2D eigenvalue weighted by Gasteiger charge is 2.19. The Balaban J connectivity index is 1.20. The van der Waals surface area contributed by atoms with Gasteiger partial charge in [0.05, 0.1) is 5.69 Å². The monoisotopic (exact) mass is 593 g/mol. The average Bonchev–Trinajstić information content (AvgIpc) is 3.69. The van der Waals surface area contributed by atoms with Gasteiger partial charge in [0.1, 0.15) is 11.2 Å². The molecule has 0 radical (unpaired) electrons. The molecule has 2 heterocycles. The van der Waals surface area contributed by atoms with Gasteiger partial charge in [-0.15, -0.1) is 11.3 Å². The van der Waals surface area contributed by atoms with E-state index in [1.807, 2.05) is 23.5 Å². The number of furan rings is 1. The zero-order valence-electron chi connectivity index (χ0n) is 24.4. The molecule has 0 spiro atoms. The predicted molar refractivity (Wildman–Crippen MR) is 192 cm³/mol. The molecule has 7 aromatic carbocycles. The van der Waals surface area contributed by atoms with Crippen molar-refractivity contribution >= 4 is 70.5 Å². The number of hydrogen-bond donors (Lipinski definition) is 0. The summed E-state index contributed by atoms with van der Waals surface area (Å²) >= 11 is 1.85. The molecule has 2 nitrogen and oxygen atoms in total. The predicted octanol–water partition coefficient (Wildman–Crippen LogP) is 12.8. The molecule has 0 saturated heterocycles. The van der Waals surface area contributed by atoms with Gasteiger partial charge in [-0.3, -0.25) is 0 Å². The van der Waals surface area contributed by atoms with E-state index in [0.717, 1.165) is 44.4 Å². The number of benzene rings is 7. The molecule has 0 aliphatic carbocycles. The lowest BCUT2D eigenvalue weighted by Gasteiger charge is -2.27.